The highest BCUT2D eigenvalue weighted by molar-refractivity contribution is 7.89. The molecule has 1 heterocycles. The van der Waals surface area contributed by atoms with Crippen LogP contribution >= 0.6 is 0 Å². The van der Waals surface area contributed by atoms with Gasteiger partial charge in [-0.3, -0.25) is 9.59 Å². The van der Waals surface area contributed by atoms with Crippen LogP contribution in [0.1, 0.15) is 24.5 Å². The summed E-state index contributed by atoms with van der Waals surface area (Å²) < 4.78 is 32.3. The van der Waals surface area contributed by atoms with Crippen molar-refractivity contribution < 1.29 is 22.7 Å². The quantitative estimate of drug-likeness (QED) is 0.599. The lowest BCUT2D eigenvalue weighted by molar-refractivity contribution is -0.128. The summed E-state index contributed by atoms with van der Waals surface area (Å²) in [6, 6.07) is 13.5. The van der Waals surface area contributed by atoms with Crippen molar-refractivity contribution in [1.29, 1.82) is 0 Å². The molecular formula is C23H29N3O5S. The Morgan fingerprint density at radius 3 is 2.44 bits per heavy atom. The van der Waals surface area contributed by atoms with Gasteiger partial charge in [0.2, 0.25) is 21.8 Å². The van der Waals surface area contributed by atoms with E-state index in [0.717, 1.165) is 11.1 Å². The fourth-order valence-corrected chi connectivity index (χ4v) is 4.82. The Hall–Kier alpha value is -2.75. The van der Waals surface area contributed by atoms with Crippen LogP contribution in [0.4, 0.5) is 5.69 Å². The molecule has 1 fully saturated rings. The molecule has 1 aliphatic rings. The monoisotopic (exact) mass is 459 g/mol. The third kappa shape index (κ3) is 6.15. The van der Waals surface area contributed by atoms with Crippen LogP contribution in [-0.4, -0.2) is 51.4 Å². The number of aryl methyl sites for hydroxylation is 1. The molecule has 1 aliphatic heterocycles. The van der Waals surface area contributed by atoms with Crippen LogP contribution in [0.5, 0.6) is 0 Å². The summed E-state index contributed by atoms with van der Waals surface area (Å²) in [5.41, 5.74) is 2.65. The smallest absolute Gasteiger partial charge is 0.240 e. The molecule has 9 heteroatoms. The molecule has 3 rings (SSSR count). The SMILES string of the molecule is COCC(C)NS(=O)(=O)c1ccc(NC(=O)C2CC(=O)N(Cc3ccc(C)cc3)C2)cc1. The van der Waals surface area contributed by atoms with E-state index in [1.54, 1.807) is 11.8 Å². The molecule has 2 unspecified atom stereocenters. The lowest BCUT2D eigenvalue weighted by Crippen LogP contribution is -2.35. The average Bonchev–Trinajstić information content (AvgIpc) is 3.10. The molecule has 0 radical (unpaired) electrons. The summed E-state index contributed by atoms with van der Waals surface area (Å²) >= 11 is 0. The number of ether oxygens (including phenoxy) is 1. The molecule has 2 atom stereocenters. The molecule has 2 aromatic carbocycles. The number of carbonyl (C=O) groups is 2. The number of benzene rings is 2. The molecular weight excluding hydrogens is 430 g/mol. The predicted octanol–water partition coefficient (Wildman–Crippen LogP) is 2.30. The van der Waals surface area contributed by atoms with Crippen LogP contribution in [0.2, 0.25) is 0 Å². The van der Waals surface area contributed by atoms with E-state index in [2.05, 4.69) is 10.0 Å². The number of likely N-dealkylation sites (tertiary alicyclic amines) is 1. The number of amides is 2. The van der Waals surface area contributed by atoms with Gasteiger partial charge in [0.1, 0.15) is 0 Å². The number of anilines is 1. The molecule has 0 aliphatic carbocycles. The van der Waals surface area contributed by atoms with Crippen molar-refractivity contribution in [3.8, 4) is 0 Å². The first-order valence-corrected chi connectivity index (χ1v) is 11.9. The van der Waals surface area contributed by atoms with E-state index in [0.29, 0.717) is 18.8 Å². The van der Waals surface area contributed by atoms with Crippen LogP contribution in [0.3, 0.4) is 0 Å². The second-order valence-electron chi connectivity index (χ2n) is 8.15. The number of methoxy groups -OCH3 is 1. The molecule has 2 N–H and O–H groups in total. The Kier molecular flexibility index (Phi) is 7.65. The summed E-state index contributed by atoms with van der Waals surface area (Å²) in [7, 11) is -2.18. The highest BCUT2D eigenvalue weighted by atomic mass is 32.2. The van der Waals surface area contributed by atoms with E-state index in [4.69, 9.17) is 4.74 Å². The Balaban J connectivity index is 1.57. The van der Waals surface area contributed by atoms with E-state index in [-0.39, 0.29) is 35.8 Å². The second kappa shape index (κ2) is 10.2. The van der Waals surface area contributed by atoms with Crippen LogP contribution < -0.4 is 10.0 Å². The number of nitrogens with zero attached hydrogens (tertiary/aromatic N) is 1. The zero-order chi connectivity index (χ0) is 23.3. The van der Waals surface area contributed by atoms with E-state index in [1.165, 1.54) is 31.4 Å². The number of hydrogen-bond acceptors (Lipinski definition) is 5. The van der Waals surface area contributed by atoms with Gasteiger partial charge in [-0.05, 0) is 43.7 Å². The van der Waals surface area contributed by atoms with Gasteiger partial charge in [-0.2, -0.15) is 0 Å². The van der Waals surface area contributed by atoms with Crippen molar-refractivity contribution in [2.24, 2.45) is 5.92 Å². The first-order valence-electron chi connectivity index (χ1n) is 10.4. The number of hydrogen-bond donors (Lipinski definition) is 2. The largest absolute Gasteiger partial charge is 0.383 e. The van der Waals surface area contributed by atoms with Crippen molar-refractivity contribution in [3.05, 3.63) is 59.7 Å². The first-order chi connectivity index (χ1) is 15.2. The van der Waals surface area contributed by atoms with E-state index in [1.807, 2.05) is 31.2 Å². The normalized spacial score (nSPS) is 17.4. The third-order valence-corrected chi connectivity index (χ3v) is 6.89. The zero-order valence-corrected chi connectivity index (χ0v) is 19.3. The van der Waals surface area contributed by atoms with Crippen molar-refractivity contribution in [2.45, 2.75) is 37.8 Å². The third-order valence-electron chi connectivity index (χ3n) is 5.28. The molecule has 0 spiro atoms. The van der Waals surface area contributed by atoms with Gasteiger partial charge in [0.25, 0.3) is 0 Å². The minimum Gasteiger partial charge on any atom is -0.383 e. The van der Waals surface area contributed by atoms with Gasteiger partial charge in [-0.1, -0.05) is 29.8 Å². The molecule has 0 bridgehead atoms. The van der Waals surface area contributed by atoms with Crippen molar-refractivity contribution in [2.75, 3.05) is 25.6 Å². The minimum absolute atomic E-state index is 0.0524. The maximum absolute atomic E-state index is 12.7. The Morgan fingerprint density at radius 2 is 1.81 bits per heavy atom. The number of nitrogens with one attached hydrogen (secondary N) is 2. The van der Waals surface area contributed by atoms with Gasteiger partial charge < -0.3 is 15.0 Å². The highest BCUT2D eigenvalue weighted by Crippen LogP contribution is 2.23. The second-order valence-corrected chi connectivity index (χ2v) is 9.87. The molecule has 172 valence electrons. The topological polar surface area (TPSA) is 105 Å². The van der Waals surface area contributed by atoms with Crippen LogP contribution in [0, 0.1) is 12.8 Å². The summed E-state index contributed by atoms with van der Waals surface area (Å²) in [6.45, 7) is 4.80. The van der Waals surface area contributed by atoms with Gasteiger partial charge in [-0.15, -0.1) is 0 Å². The van der Waals surface area contributed by atoms with Gasteiger partial charge in [0, 0.05) is 38.3 Å². The Labute approximate surface area is 189 Å². The van der Waals surface area contributed by atoms with Crippen molar-refractivity contribution in [3.63, 3.8) is 0 Å². The summed E-state index contributed by atoms with van der Waals surface area (Å²) in [6.07, 6.45) is 0.158. The van der Waals surface area contributed by atoms with Crippen LogP contribution in [-0.2, 0) is 30.9 Å². The molecule has 1 saturated heterocycles. The van der Waals surface area contributed by atoms with Crippen molar-refractivity contribution >= 4 is 27.5 Å². The molecule has 32 heavy (non-hydrogen) atoms. The fourth-order valence-electron chi connectivity index (χ4n) is 3.59. The summed E-state index contributed by atoms with van der Waals surface area (Å²) in [5, 5.41) is 2.78. The van der Waals surface area contributed by atoms with E-state index >= 15 is 0 Å². The standard InChI is InChI=1S/C23H29N3O5S/c1-16-4-6-18(7-5-16)13-26-14-19(12-22(26)27)23(28)24-20-8-10-21(11-9-20)32(29,30)25-17(2)15-31-3/h4-11,17,19,25H,12-15H2,1-3H3,(H,24,28). The molecule has 8 nitrogen and oxygen atoms in total. The first kappa shape index (κ1) is 23.9. The molecule has 2 aromatic rings. The molecule has 0 aromatic heterocycles. The van der Waals surface area contributed by atoms with Gasteiger partial charge in [0.15, 0.2) is 0 Å². The number of sulfonamides is 1. The summed E-state index contributed by atoms with van der Waals surface area (Å²) in [4.78, 5) is 26.8. The molecule has 0 saturated carbocycles. The average molecular weight is 460 g/mol. The van der Waals surface area contributed by atoms with Crippen molar-refractivity contribution in [1.82, 2.24) is 9.62 Å². The Bertz CT molecular complexity index is 1050. The summed E-state index contributed by atoms with van der Waals surface area (Å²) in [5.74, 6) is -0.761. The number of carbonyl (C=O) groups excluding carboxylic acids is 2. The van der Waals surface area contributed by atoms with Gasteiger partial charge >= 0.3 is 0 Å². The zero-order valence-electron chi connectivity index (χ0n) is 18.5. The highest BCUT2D eigenvalue weighted by Gasteiger charge is 2.34. The maximum atomic E-state index is 12.7. The van der Waals surface area contributed by atoms with E-state index < -0.39 is 15.9 Å². The Morgan fingerprint density at radius 1 is 1.16 bits per heavy atom. The van der Waals surface area contributed by atoms with Crippen LogP contribution in [0.25, 0.3) is 0 Å². The lowest BCUT2D eigenvalue weighted by atomic mass is 10.1. The lowest BCUT2D eigenvalue weighted by Gasteiger charge is -2.17. The fraction of sp³-hybridized carbons (Fsp3) is 0.391. The van der Waals surface area contributed by atoms with Gasteiger partial charge in [0.05, 0.1) is 17.4 Å². The minimum atomic E-state index is -3.68. The van der Waals surface area contributed by atoms with E-state index in [9.17, 15) is 18.0 Å². The molecule has 2 amide bonds. The number of rotatable bonds is 9. The van der Waals surface area contributed by atoms with Crippen LogP contribution in [0.15, 0.2) is 53.4 Å². The maximum Gasteiger partial charge on any atom is 0.240 e. The predicted molar refractivity (Wildman–Crippen MR) is 121 cm³/mol. The van der Waals surface area contributed by atoms with Gasteiger partial charge in [-0.25, -0.2) is 13.1 Å².